The van der Waals surface area contributed by atoms with E-state index >= 15 is 0 Å². The molecule has 5 heteroatoms. The summed E-state index contributed by atoms with van der Waals surface area (Å²) >= 11 is 0. The Balaban J connectivity index is 3.92. The Morgan fingerprint density at radius 2 is 2.00 bits per heavy atom. The SMILES string of the molecule is CC(=O)NC(C)C(O)[C@H](O)CCO. The molecule has 4 N–H and O–H groups in total. The standard InChI is InChI=1S/C8H17NO4/c1-5(9-6(2)11)8(13)7(12)3-4-10/h5,7-8,10,12-13H,3-4H2,1-2H3,(H,9,11)/t5?,7-,8?/m1/s1. The molecule has 0 aliphatic rings. The Morgan fingerprint density at radius 1 is 1.46 bits per heavy atom. The van der Waals surface area contributed by atoms with Gasteiger partial charge in [-0.15, -0.1) is 0 Å². The fourth-order valence-corrected chi connectivity index (χ4v) is 1.04. The van der Waals surface area contributed by atoms with Gasteiger partial charge in [-0.25, -0.2) is 0 Å². The minimum atomic E-state index is -1.05. The monoisotopic (exact) mass is 191 g/mol. The molecule has 3 atom stereocenters. The van der Waals surface area contributed by atoms with Crippen molar-refractivity contribution in [1.82, 2.24) is 5.32 Å². The van der Waals surface area contributed by atoms with Gasteiger partial charge in [0, 0.05) is 13.5 Å². The van der Waals surface area contributed by atoms with E-state index in [1.165, 1.54) is 6.92 Å². The van der Waals surface area contributed by atoms with Crippen LogP contribution in [0.25, 0.3) is 0 Å². The molecular formula is C8H17NO4. The molecule has 0 radical (unpaired) electrons. The highest BCUT2D eigenvalue weighted by molar-refractivity contribution is 5.73. The van der Waals surface area contributed by atoms with E-state index in [2.05, 4.69) is 5.32 Å². The molecule has 0 saturated carbocycles. The summed E-state index contributed by atoms with van der Waals surface area (Å²) in [5, 5.41) is 29.6. The van der Waals surface area contributed by atoms with Crippen molar-refractivity contribution in [1.29, 1.82) is 0 Å². The summed E-state index contributed by atoms with van der Waals surface area (Å²) in [6.07, 6.45) is -1.95. The van der Waals surface area contributed by atoms with Gasteiger partial charge in [0.15, 0.2) is 0 Å². The van der Waals surface area contributed by atoms with E-state index < -0.39 is 18.2 Å². The zero-order valence-electron chi connectivity index (χ0n) is 7.90. The molecule has 0 heterocycles. The van der Waals surface area contributed by atoms with Crippen LogP contribution < -0.4 is 5.32 Å². The van der Waals surface area contributed by atoms with Crippen molar-refractivity contribution in [2.45, 2.75) is 38.5 Å². The van der Waals surface area contributed by atoms with Crippen LogP contribution in [0.15, 0.2) is 0 Å². The van der Waals surface area contributed by atoms with E-state index in [9.17, 15) is 15.0 Å². The van der Waals surface area contributed by atoms with Crippen LogP contribution in [0.3, 0.4) is 0 Å². The fourth-order valence-electron chi connectivity index (χ4n) is 1.04. The second-order valence-electron chi connectivity index (χ2n) is 3.06. The average molecular weight is 191 g/mol. The van der Waals surface area contributed by atoms with Crippen LogP contribution in [0.5, 0.6) is 0 Å². The Kier molecular flexibility index (Phi) is 5.61. The molecular weight excluding hydrogens is 174 g/mol. The van der Waals surface area contributed by atoms with E-state index in [1.54, 1.807) is 6.92 Å². The summed E-state index contributed by atoms with van der Waals surface area (Å²) in [7, 11) is 0. The lowest BCUT2D eigenvalue weighted by molar-refractivity contribution is -0.121. The van der Waals surface area contributed by atoms with Gasteiger partial charge in [-0.05, 0) is 13.3 Å². The van der Waals surface area contributed by atoms with Gasteiger partial charge in [0.05, 0.1) is 18.2 Å². The predicted molar refractivity (Wildman–Crippen MR) is 47.0 cm³/mol. The first-order valence-electron chi connectivity index (χ1n) is 4.23. The van der Waals surface area contributed by atoms with Crippen LogP contribution in [0.2, 0.25) is 0 Å². The third-order valence-electron chi connectivity index (χ3n) is 1.76. The minimum absolute atomic E-state index is 0.102. The minimum Gasteiger partial charge on any atom is -0.396 e. The van der Waals surface area contributed by atoms with Crippen molar-refractivity contribution in [3.8, 4) is 0 Å². The predicted octanol–water partition coefficient (Wildman–Crippen LogP) is -1.38. The molecule has 1 amide bonds. The van der Waals surface area contributed by atoms with Gasteiger partial charge in [-0.1, -0.05) is 0 Å². The zero-order chi connectivity index (χ0) is 10.4. The molecule has 0 aliphatic heterocycles. The van der Waals surface area contributed by atoms with E-state index in [-0.39, 0.29) is 18.9 Å². The molecule has 13 heavy (non-hydrogen) atoms. The van der Waals surface area contributed by atoms with Crippen molar-refractivity contribution in [2.75, 3.05) is 6.61 Å². The van der Waals surface area contributed by atoms with Crippen LogP contribution in [0.1, 0.15) is 20.3 Å². The molecule has 0 fully saturated rings. The van der Waals surface area contributed by atoms with Crippen molar-refractivity contribution in [3.63, 3.8) is 0 Å². The number of nitrogens with one attached hydrogen (secondary N) is 1. The average Bonchev–Trinajstić information content (AvgIpc) is 2.02. The van der Waals surface area contributed by atoms with Crippen LogP contribution >= 0.6 is 0 Å². The summed E-state index contributed by atoms with van der Waals surface area (Å²) in [5.74, 6) is -0.261. The lowest BCUT2D eigenvalue weighted by Crippen LogP contribution is -2.46. The number of aliphatic hydroxyl groups excluding tert-OH is 3. The maximum atomic E-state index is 10.6. The first-order valence-corrected chi connectivity index (χ1v) is 4.23. The summed E-state index contributed by atoms with van der Waals surface area (Å²) in [4.78, 5) is 10.6. The highest BCUT2D eigenvalue weighted by Crippen LogP contribution is 2.03. The van der Waals surface area contributed by atoms with Gasteiger partial charge in [0.25, 0.3) is 0 Å². The smallest absolute Gasteiger partial charge is 0.217 e. The maximum absolute atomic E-state index is 10.6. The molecule has 78 valence electrons. The molecule has 2 unspecified atom stereocenters. The molecule has 0 aromatic rings. The number of hydrogen-bond acceptors (Lipinski definition) is 4. The zero-order valence-corrected chi connectivity index (χ0v) is 7.90. The number of carbonyl (C=O) groups is 1. The first-order chi connectivity index (χ1) is 5.99. The number of carbonyl (C=O) groups excluding carboxylic acids is 1. The lowest BCUT2D eigenvalue weighted by Gasteiger charge is -2.23. The molecule has 0 bridgehead atoms. The van der Waals surface area contributed by atoms with Gasteiger partial charge in [0.2, 0.25) is 5.91 Å². The van der Waals surface area contributed by atoms with Gasteiger partial charge in [0.1, 0.15) is 0 Å². The summed E-state index contributed by atoms with van der Waals surface area (Å²) in [6, 6.07) is -0.515. The van der Waals surface area contributed by atoms with Gasteiger partial charge >= 0.3 is 0 Å². The number of amides is 1. The molecule has 0 aromatic heterocycles. The number of aliphatic hydroxyl groups is 3. The second-order valence-corrected chi connectivity index (χ2v) is 3.06. The third-order valence-corrected chi connectivity index (χ3v) is 1.76. The maximum Gasteiger partial charge on any atom is 0.217 e. The second kappa shape index (κ2) is 5.90. The molecule has 0 rings (SSSR count). The number of hydrogen-bond donors (Lipinski definition) is 4. The quantitative estimate of drug-likeness (QED) is 0.431. The van der Waals surface area contributed by atoms with E-state index in [0.717, 1.165) is 0 Å². The highest BCUT2D eigenvalue weighted by atomic mass is 16.3. The first kappa shape index (κ1) is 12.3. The van der Waals surface area contributed by atoms with Gasteiger partial charge < -0.3 is 20.6 Å². The van der Waals surface area contributed by atoms with E-state index in [0.29, 0.717) is 0 Å². The van der Waals surface area contributed by atoms with Crippen LogP contribution in [-0.2, 0) is 4.79 Å². The molecule has 0 saturated heterocycles. The van der Waals surface area contributed by atoms with Crippen LogP contribution in [-0.4, -0.2) is 46.1 Å². The Bertz CT molecular complexity index is 162. The summed E-state index contributed by atoms with van der Waals surface area (Å²) in [6.45, 7) is 2.74. The number of rotatable bonds is 5. The largest absolute Gasteiger partial charge is 0.396 e. The topological polar surface area (TPSA) is 89.8 Å². The summed E-state index contributed by atoms with van der Waals surface area (Å²) in [5.41, 5.74) is 0. The van der Waals surface area contributed by atoms with Crippen molar-refractivity contribution in [2.24, 2.45) is 0 Å². The fraction of sp³-hybridized carbons (Fsp3) is 0.875. The van der Waals surface area contributed by atoms with E-state index in [1.807, 2.05) is 0 Å². The summed E-state index contributed by atoms with van der Waals surface area (Å²) < 4.78 is 0. The Labute approximate surface area is 77.4 Å². The highest BCUT2D eigenvalue weighted by Gasteiger charge is 2.22. The Hall–Kier alpha value is -0.650. The molecule has 0 aliphatic carbocycles. The normalized spacial score (nSPS) is 17.6. The van der Waals surface area contributed by atoms with Gasteiger partial charge in [-0.3, -0.25) is 4.79 Å². The third kappa shape index (κ3) is 4.82. The Morgan fingerprint density at radius 3 is 2.38 bits per heavy atom. The lowest BCUT2D eigenvalue weighted by atomic mass is 10.0. The van der Waals surface area contributed by atoms with Crippen molar-refractivity contribution >= 4 is 5.91 Å². The molecule has 0 aromatic carbocycles. The van der Waals surface area contributed by atoms with Gasteiger partial charge in [-0.2, -0.15) is 0 Å². The van der Waals surface area contributed by atoms with E-state index in [4.69, 9.17) is 5.11 Å². The van der Waals surface area contributed by atoms with Crippen LogP contribution in [0.4, 0.5) is 0 Å². The van der Waals surface area contributed by atoms with Crippen LogP contribution in [0, 0.1) is 0 Å². The molecule has 0 spiro atoms. The van der Waals surface area contributed by atoms with Crippen molar-refractivity contribution < 1.29 is 20.1 Å². The molecule has 5 nitrogen and oxygen atoms in total. The van der Waals surface area contributed by atoms with Crippen molar-refractivity contribution in [3.05, 3.63) is 0 Å².